The van der Waals surface area contributed by atoms with Crippen molar-refractivity contribution in [1.29, 1.82) is 0 Å². The maximum atomic E-state index is 12.1. The molecule has 0 fully saturated rings. The predicted molar refractivity (Wildman–Crippen MR) is 75.1 cm³/mol. The van der Waals surface area contributed by atoms with Crippen LogP contribution in [-0.4, -0.2) is 13.0 Å². The first-order valence-electron chi connectivity index (χ1n) is 5.85. The summed E-state index contributed by atoms with van der Waals surface area (Å²) in [4.78, 5) is 12.1. The molecule has 0 saturated heterocycles. The van der Waals surface area contributed by atoms with Gasteiger partial charge in [-0.3, -0.25) is 4.79 Å². The summed E-state index contributed by atoms with van der Waals surface area (Å²) in [6.07, 6.45) is 0. The van der Waals surface area contributed by atoms with Crippen molar-refractivity contribution in [3.63, 3.8) is 0 Å². The zero-order chi connectivity index (χ0) is 13.0. The van der Waals surface area contributed by atoms with Crippen LogP contribution in [0.15, 0.2) is 48.5 Å². The van der Waals surface area contributed by atoms with Gasteiger partial charge in [0, 0.05) is 18.4 Å². The average Bonchev–Trinajstić information content (AvgIpc) is 2.41. The lowest BCUT2D eigenvalue weighted by molar-refractivity contribution is 0.102. The number of amides is 1. The number of rotatable bonds is 3. The second kappa shape index (κ2) is 5.36. The van der Waals surface area contributed by atoms with Crippen LogP contribution in [0.5, 0.6) is 0 Å². The Hall–Kier alpha value is -2.29. The van der Waals surface area contributed by atoms with Gasteiger partial charge in [0.15, 0.2) is 0 Å². The minimum Gasteiger partial charge on any atom is -0.387 e. The van der Waals surface area contributed by atoms with E-state index >= 15 is 0 Å². The van der Waals surface area contributed by atoms with Crippen LogP contribution in [0.2, 0.25) is 0 Å². The van der Waals surface area contributed by atoms with Crippen LogP contribution in [0, 0.1) is 6.92 Å². The third kappa shape index (κ3) is 2.69. The van der Waals surface area contributed by atoms with E-state index in [0.29, 0.717) is 5.56 Å². The summed E-state index contributed by atoms with van der Waals surface area (Å²) < 4.78 is 0. The molecule has 0 heterocycles. The highest BCUT2D eigenvalue weighted by Crippen LogP contribution is 2.16. The van der Waals surface area contributed by atoms with Gasteiger partial charge in [-0.15, -0.1) is 0 Å². The molecule has 0 aliphatic carbocycles. The summed E-state index contributed by atoms with van der Waals surface area (Å²) in [5.41, 5.74) is 3.43. The van der Waals surface area contributed by atoms with E-state index in [2.05, 4.69) is 10.6 Å². The van der Waals surface area contributed by atoms with Crippen molar-refractivity contribution < 1.29 is 4.79 Å². The molecule has 0 saturated carbocycles. The Labute approximate surface area is 107 Å². The lowest BCUT2D eigenvalue weighted by atomic mass is 10.1. The van der Waals surface area contributed by atoms with E-state index in [1.165, 1.54) is 5.56 Å². The summed E-state index contributed by atoms with van der Waals surface area (Å²) in [6, 6.07) is 15.2. The van der Waals surface area contributed by atoms with Crippen molar-refractivity contribution in [2.75, 3.05) is 17.7 Å². The Balaban J connectivity index is 2.19. The average molecular weight is 240 g/mol. The van der Waals surface area contributed by atoms with E-state index in [-0.39, 0.29) is 5.91 Å². The van der Waals surface area contributed by atoms with Crippen molar-refractivity contribution in [2.24, 2.45) is 0 Å². The number of carbonyl (C=O) groups excluding carboxylic acids is 1. The number of carbonyl (C=O) groups is 1. The van der Waals surface area contributed by atoms with Crippen molar-refractivity contribution in [3.05, 3.63) is 59.7 Å². The van der Waals surface area contributed by atoms with E-state index < -0.39 is 0 Å². The Morgan fingerprint density at radius 2 is 1.67 bits per heavy atom. The summed E-state index contributed by atoms with van der Waals surface area (Å²) in [5, 5.41) is 5.89. The van der Waals surface area contributed by atoms with Crippen molar-refractivity contribution in [3.8, 4) is 0 Å². The summed E-state index contributed by atoms with van der Waals surface area (Å²) in [6.45, 7) is 2.02. The quantitative estimate of drug-likeness (QED) is 0.864. The molecule has 0 radical (unpaired) electrons. The van der Waals surface area contributed by atoms with Gasteiger partial charge in [0.05, 0.1) is 5.56 Å². The second-order valence-corrected chi connectivity index (χ2v) is 4.12. The zero-order valence-corrected chi connectivity index (χ0v) is 10.5. The monoisotopic (exact) mass is 240 g/mol. The molecular formula is C15H16N2O. The molecule has 0 atom stereocenters. The molecule has 92 valence electrons. The lowest BCUT2D eigenvalue weighted by Crippen LogP contribution is -2.13. The van der Waals surface area contributed by atoms with Gasteiger partial charge in [-0.05, 0) is 31.2 Å². The van der Waals surface area contributed by atoms with Gasteiger partial charge in [-0.1, -0.05) is 29.8 Å². The molecular weight excluding hydrogens is 224 g/mol. The highest BCUT2D eigenvalue weighted by Gasteiger charge is 2.09. The molecule has 2 N–H and O–H groups in total. The second-order valence-electron chi connectivity index (χ2n) is 4.12. The van der Waals surface area contributed by atoms with E-state index in [9.17, 15) is 4.79 Å². The van der Waals surface area contributed by atoms with Crippen LogP contribution >= 0.6 is 0 Å². The van der Waals surface area contributed by atoms with Crippen LogP contribution in [0.25, 0.3) is 0 Å². The largest absolute Gasteiger partial charge is 0.387 e. The van der Waals surface area contributed by atoms with Gasteiger partial charge in [-0.2, -0.15) is 0 Å². The van der Waals surface area contributed by atoms with E-state index in [1.54, 1.807) is 13.1 Å². The van der Waals surface area contributed by atoms with Crippen LogP contribution < -0.4 is 10.6 Å². The van der Waals surface area contributed by atoms with Gasteiger partial charge in [0.2, 0.25) is 0 Å². The Morgan fingerprint density at radius 1 is 1.00 bits per heavy atom. The fourth-order valence-corrected chi connectivity index (χ4v) is 1.73. The minimum absolute atomic E-state index is 0.108. The molecule has 2 rings (SSSR count). The number of para-hydroxylation sites is 1. The highest BCUT2D eigenvalue weighted by molar-refractivity contribution is 6.08. The molecule has 2 aromatic carbocycles. The van der Waals surface area contributed by atoms with Crippen LogP contribution in [-0.2, 0) is 0 Å². The Kier molecular flexibility index (Phi) is 3.63. The summed E-state index contributed by atoms with van der Waals surface area (Å²) >= 11 is 0. The van der Waals surface area contributed by atoms with Gasteiger partial charge >= 0.3 is 0 Å². The van der Waals surface area contributed by atoms with Gasteiger partial charge in [0.1, 0.15) is 0 Å². The fraction of sp³-hybridized carbons (Fsp3) is 0.133. The van der Waals surface area contributed by atoms with Crippen LogP contribution in [0.1, 0.15) is 15.9 Å². The molecule has 0 spiro atoms. The minimum atomic E-state index is -0.108. The third-order valence-electron chi connectivity index (χ3n) is 2.75. The van der Waals surface area contributed by atoms with Gasteiger partial charge < -0.3 is 10.6 Å². The first-order valence-corrected chi connectivity index (χ1v) is 5.85. The number of hydrogen-bond acceptors (Lipinski definition) is 2. The molecule has 1 amide bonds. The molecule has 3 heteroatoms. The first-order chi connectivity index (χ1) is 8.70. The van der Waals surface area contributed by atoms with E-state index in [4.69, 9.17) is 0 Å². The summed E-state index contributed by atoms with van der Waals surface area (Å²) in [7, 11) is 1.80. The third-order valence-corrected chi connectivity index (χ3v) is 2.75. The number of nitrogens with one attached hydrogen (secondary N) is 2. The topological polar surface area (TPSA) is 41.1 Å². The molecule has 0 unspecified atom stereocenters. The molecule has 3 nitrogen and oxygen atoms in total. The predicted octanol–water partition coefficient (Wildman–Crippen LogP) is 3.29. The molecule has 2 aromatic rings. The molecule has 0 aliphatic rings. The van der Waals surface area contributed by atoms with Crippen LogP contribution in [0.3, 0.4) is 0 Å². The normalized spacial score (nSPS) is 9.89. The Morgan fingerprint density at radius 3 is 2.33 bits per heavy atom. The van der Waals surface area contributed by atoms with Crippen molar-refractivity contribution in [2.45, 2.75) is 6.92 Å². The smallest absolute Gasteiger partial charge is 0.257 e. The number of aryl methyl sites for hydroxylation is 1. The maximum absolute atomic E-state index is 12.1. The molecule has 0 bridgehead atoms. The fourth-order valence-electron chi connectivity index (χ4n) is 1.73. The van der Waals surface area contributed by atoms with E-state index in [0.717, 1.165) is 11.4 Å². The number of anilines is 2. The number of hydrogen-bond donors (Lipinski definition) is 2. The Bertz CT molecular complexity index is 547. The molecule has 0 aromatic heterocycles. The molecule has 0 aliphatic heterocycles. The highest BCUT2D eigenvalue weighted by atomic mass is 16.1. The van der Waals surface area contributed by atoms with E-state index in [1.807, 2.05) is 49.4 Å². The van der Waals surface area contributed by atoms with Gasteiger partial charge in [0.25, 0.3) is 5.91 Å². The zero-order valence-electron chi connectivity index (χ0n) is 10.5. The summed E-state index contributed by atoms with van der Waals surface area (Å²) in [5.74, 6) is -0.108. The molecule has 18 heavy (non-hydrogen) atoms. The first kappa shape index (κ1) is 12.2. The van der Waals surface area contributed by atoms with Crippen molar-refractivity contribution in [1.82, 2.24) is 0 Å². The van der Waals surface area contributed by atoms with Crippen LogP contribution in [0.4, 0.5) is 11.4 Å². The number of benzene rings is 2. The lowest BCUT2D eigenvalue weighted by Gasteiger charge is -2.09. The maximum Gasteiger partial charge on any atom is 0.257 e. The standard InChI is InChI=1S/C15H16N2O/c1-11-7-9-12(10-8-11)17-15(18)13-5-3-4-6-14(13)16-2/h3-10,16H,1-2H3,(H,17,18). The van der Waals surface area contributed by atoms with Crippen molar-refractivity contribution >= 4 is 17.3 Å². The van der Waals surface area contributed by atoms with Gasteiger partial charge in [-0.25, -0.2) is 0 Å². The SMILES string of the molecule is CNc1ccccc1C(=O)Nc1ccc(C)cc1.